The van der Waals surface area contributed by atoms with Crippen LogP contribution in [0.1, 0.15) is 71.3 Å². The number of aromatic nitrogens is 1. The number of amides is 1. The van der Waals surface area contributed by atoms with Crippen LogP contribution in [-0.4, -0.2) is 36.1 Å². The fourth-order valence-corrected chi connectivity index (χ4v) is 5.10. The van der Waals surface area contributed by atoms with E-state index in [0.29, 0.717) is 24.8 Å². The molecule has 1 aromatic heterocycles. The lowest BCUT2D eigenvalue weighted by Crippen LogP contribution is -2.40. The van der Waals surface area contributed by atoms with Crippen LogP contribution in [0.2, 0.25) is 0 Å². The molecule has 198 valence electrons. The summed E-state index contributed by atoms with van der Waals surface area (Å²) in [4.78, 5) is 30.2. The Hall–Kier alpha value is -3.71. The van der Waals surface area contributed by atoms with E-state index in [1.54, 1.807) is 6.20 Å². The molecule has 5 rings (SSSR count). The molecule has 38 heavy (non-hydrogen) atoms. The summed E-state index contributed by atoms with van der Waals surface area (Å²) < 4.78 is 5.25. The van der Waals surface area contributed by atoms with Gasteiger partial charge in [0.05, 0.1) is 6.61 Å². The maximum Gasteiger partial charge on any atom is 0.326 e. The molecule has 0 saturated heterocycles. The standard InChI is InChI=1S/C31H36N4O3/c1-5-38-30(37)31(14-15-31)34-18-22-17-33-28(16-25(22)21-12-13-21)29(36)35-27-11-7-9-24(20(27)3)23-8-6-10-26(32-4)19(23)2/h6-11,16-17,21,32,34H,5,12-15,18H2,1-4H3,(H,35,36). The van der Waals surface area contributed by atoms with Gasteiger partial charge in [0.25, 0.3) is 5.91 Å². The second-order valence-electron chi connectivity index (χ2n) is 10.4. The number of benzene rings is 2. The lowest BCUT2D eigenvalue weighted by Gasteiger charge is -2.18. The van der Waals surface area contributed by atoms with Crippen LogP contribution in [0, 0.1) is 13.8 Å². The molecule has 3 aromatic rings. The van der Waals surface area contributed by atoms with Crippen molar-refractivity contribution in [2.75, 3.05) is 24.3 Å². The van der Waals surface area contributed by atoms with E-state index < -0.39 is 5.54 Å². The molecule has 0 radical (unpaired) electrons. The molecular weight excluding hydrogens is 476 g/mol. The van der Waals surface area contributed by atoms with Crippen molar-refractivity contribution >= 4 is 23.3 Å². The number of carbonyl (C=O) groups is 2. The van der Waals surface area contributed by atoms with Crippen molar-refractivity contribution in [1.82, 2.24) is 10.3 Å². The minimum Gasteiger partial charge on any atom is -0.465 e. The van der Waals surface area contributed by atoms with Gasteiger partial charge in [-0.15, -0.1) is 0 Å². The predicted molar refractivity (Wildman–Crippen MR) is 151 cm³/mol. The van der Waals surface area contributed by atoms with Crippen molar-refractivity contribution in [3.63, 3.8) is 0 Å². The predicted octanol–water partition coefficient (Wildman–Crippen LogP) is 5.72. The molecule has 2 aliphatic rings. The average molecular weight is 513 g/mol. The summed E-state index contributed by atoms with van der Waals surface area (Å²) in [5, 5.41) is 9.74. The minimum atomic E-state index is -0.569. The van der Waals surface area contributed by atoms with E-state index in [1.165, 1.54) is 0 Å². The summed E-state index contributed by atoms with van der Waals surface area (Å²) in [6.07, 6.45) is 5.57. The van der Waals surface area contributed by atoms with Crippen molar-refractivity contribution in [3.05, 3.63) is 76.6 Å². The Labute approximate surface area is 224 Å². The molecule has 2 saturated carbocycles. The first-order valence-electron chi connectivity index (χ1n) is 13.5. The highest BCUT2D eigenvalue weighted by atomic mass is 16.5. The van der Waals surface area contributed by atoms with Crippen LogP contribution in [0.4, 0.5) is 11.4 Å². The number of esters is 1. The molecule has 7 heteroatoms. The second-order valence-corrected chi connectivity index (χ2v) is 10.4. The summed E-state index contributed by atoms with van der Waals surface area (Å²) in [6.45, 7) is 6.87. The second kappa shape index (κ2) is 10.6. The van der Waals surface area contributed by atoms with Crippen molar-refractivity contribution in [1.29, 1.82) is 0 Å². The number of pyridine rings is 1. The summed E-state index contributed by atoms with van der Waals surface area (Å²) >= 11 is 0. The van der Waals surface area contributed by atoms with Crippen molar-refractivity contribution in [2.24, 2.45) is 0 Å². The zero-order valence-corrected chi connectivity index (χ0v) is 22.6. The van der Waals surface area contributed by atoms with Gasteiger partial charge < -0.3 is 15.4 Å². The number of nitrogens with one attached hydrogen (secondary N) is 3. The number of hydrogen-bond acceptors (Lipinski definition) is 6. The Morgan fingerprint density at radius 1 is 1.03 bits per heavy atom. The molecule has 0 spiro atoms. The Kier molecular flexibility index (Phi) is 7.21. The summed E-state index contributed by atoms with van der Waals surface area (Å²) in [6, 6.07) is 14.1. The third-order valence-corrected chi connectivity index (χ3v) is 7.78. The van der Waals surface area contributed by atoms with E-state index in [9.17, 15) is 9.59 Å². The van der Waals surface area contributed by atoms with Crippen LogP contribution in [0.25, 0.3) is 11.1 Å². The molecule has 1 heterocycles. The molecule has 7 nitrogen and oxygen atoms in total. The first-order valence-corrected chi connectivity index (χ1v) is 13.5. The molecule has 0 bridgehead atoms. The van der Waals surface area contributed by atoms with Crippen LogP contribution in [-0.2, 0) is 16.1 Å². The first-order chi connectivity index (χ1) is 18.4. The van der Waals surface area contributed by atoms with Crippen LogP contribution in [0.15, 0.2) is 48.7 Å². The maximum atomic E-state index is 13.3. The third-order valence-electron chi connectivity index (χ3n) is 7.78. The largest absolute Gasteiger partial charge is 0.465 e. The summed E-state index contributed by atoms with van der Waals surface area (Å²) in [7, 11) is 1.92. The highest BCUT2D eigenvalue weighted by Crippen LogP contribution is 2.43. The van der Waals surface area contributed by atoms with Gasteiger partial charge >= 0.3 is 5.97 Å². The topological polar surface area (TPSA) is 92.3 Å². The van der Waals surface area contributed by atoms with Crippen molar-refractivity contribution in [3.8, 4) is 11.1 Å². The maximum absolute atomic E-state index is 13.3. The third kappa shape index (κ3) is 5.16. The van der Waals surface area contributed by atoms with E-state index in [1.807, 2.05) is 45.2 Å². The quantitative estimate of drug-likeness (QED) is 0.301. The fraction of sp³-hybridized carbons (Fsp3) is 0.387. The highest BCUT2D eigenvalue weighted by Gasteiger charge is 2.51. The number of ether oxygens (including phenoxy) is 1. The molecule has 2 aliphatic carbocycles. The average Bonchev–Trinajstić information content (AvgIpc) is 3.84. The molecule has 1 amide bonds. The molecule has 0 atom stereocenters. The molecule has 0 aliphatic heterocycles. The highest BCUT2D eigenvalue weighted by molar-refractivity contribution is 6.04. The Bertz CT molecular complexity index is 1380. The van der Waals surface area contributed by atoms with E-state index in [2.05, 4.69) is 46.1 Å². The lowest BCUT2D eigenvalue weighted by molar-refractivity contribution is -0.147. The van der Waals surface area contributed by atoms with Crippen LogP contribution in [0.5, 0.6) is 0 Å². The monoisotopic (exact) mass is 512 g/mol. The van der Waals surface area contributed by atoms with Crippen molar-refractivity contribution in [2.45, 2.75) is 64.5 Å². The van der Waals surface area contributed by atoms with E-state index in [-0.39, 0.29) is 11.9 Å². The Morgan fingerprint density at radius 2 is 1.68 bits per heavy atom. The molecule has 2 aromatic carbocycles. The first kappa shape index (κ1) is 25.9. The van der Waals surface area contributed by atoms with Gasteiger partial charge in [-0.1, -0.05) is 24.3 Å². The SMILES string of the molecule is CCOC(=O)C1(NCc2cnc(C(=O)Nc3cccc(-c4cccc(NC)c4C)c3C)cc2C2CC2)CC1. The summed E-state index contributed by atoms with van der Waals surface area (Å²) in [5.41, 5.74) is 8.26. The van der Waals surface area contributed by atoms with Gasteiger partial charge in [-0.05, 0) is 104 Å². The van der Waals surface area contributed by atoms with E-state index in [4.69, 9.17) is 4.74 Å². The van der Waals surface area contributed by atoms with Crippen molar-refractivity contribution < 1.29 is 14.3 Å². The molecule has 2 fully saturated rings. The van der Waals surface area contributed by atoms with Crippen LogP contribution >= 0.6 is 0 Å². The fourth-order valence-electron chi connectivity index (χ4n) is 5.10. The number of hydrogen-bond donors (Lipinski definition) is 3. The molecule has 0 unspecified atom stereocenters. The molecular formula is C31H36N4O3. The van der Waals surface area contributed by atoms with Gasteiger partial charge in [0.15, 0.2) is 0 Å². The normalized spacial score (nSPS) is 15.6. The minimum absolute atomic E-state index is 0.178. The zero-order chi connectivity index (χ0) is 26.9. The molecule has 3 N–H and O–H groups in total. The number of carbonyl (C=O) groups excluding carboxylic acids is 2. The number of anilines is 2. The zero-order valence-electron chi connectivity index (χ0n) is 22.6. The van der Waals surface area contributed by atoms with Gasteiger partial charge in [0.2, 0.25) is 0 Å². The lowest BCUT2D eigenvalue weighted by atomic mass is 9.94. The van der Waals surface area contributed by atoms with Crippen LogP contribution < -0.4 is 16.0 Å². The summed E-state index contributed by atoms with van der Waals surface area (Å²) in [5.74, 6) is 0.0338. The van der Waals surface area contributed by atoms with Gasteiger partial charge in [0, 0.05) is 31.2 Å². The Balaban J connectivity index is 1.34. The van der Waals surface area contributed by atoms with E-state index >= 15 is 0 Å². The van der Waals surface area contributed by atoms with Gasteiger partial charge in [-0.2, -0.15) is 0 Å². The van der Waals surface area contributed by atoms with Gasteiger partial charge in [-0.3, -0.25) is 19.9 Å². The van der Waals surface area contributed by atoms with Gasteiger partial charge in [0.1, 0.15) is 11.2 Å². The number of rotatable bonds is 10. The van der Waals surface area contributed by atoms with Crippen LogP contribution in [0.3, 0.4) is 0 Å². The van der Waals surface area contributed by atoms with Gasteiger partial charge in [-0.25, -0.2) is 0 Å². The van der Waals surface area contributed by atoms with E-state index in [0.717, 1.165) is 70.4 Å². The number of nitrogens with zero attached hydrogens (tertiary/aromatic N) is 1. The Morgan fingerprint density at radius 3 is 2.29 bits per heavy atom. The smallest absolute Gasteiger partial charge is 0.326 e.